The van der Waals surface area contributed by atoms with Crippen LogP contribution in [0.3, 0.4) is 0 Å². The summed E-state index contributed by atoms with van der Waals surface area (Å²) in [5, 5.41) is 2.05. The molecule has 37 heavy (non-hydrogen) atoms. The van der Waals surface area contributed by atoms with E-state index in [2.05, 4.69) is 32.0 Å². The molecule has 1 aliphatic heterocycles. The Bertz CT molecular complexity index is 1300. The molecular formula is C29H36N2O4S2. The number of aryl methyl sites for hydroxylation is 1. The molecule has 8 heteroatoms. The van der Waals surface area contributed by atoms with Gasteiger partial charge < -0.3 is 9.64 Å². The summed E-state index contributed by atoms with van der Waals surface area (Å²) >= 11 is 1.69. The zero-order valence-electron chi connectivity index (χ0n) is 22.0. The van der Waals surface area contributed by atoms with Crippen molar-refractivity contribution in [3.8, 4) is 5.75 Å². The molecule has 0 N–H and O–H groups in total. The number of hydrogen-bond donors (Lipinski definition) is 0. The average Bonchev–Trinajstić information content (AvgIpc) is 3.36. The number of nitrogens with zero attached hydrogens (tertiary/aromatic N) is 2. The molecule has 0 fully saturated rings. The lowest BCUT2D eigenvalue weighted by molar-refractivity contribution is -0.135. The van der Waals surface area contributed by atoms with Gasteiger partial charge in [-0.3, -0.25) is 4.79 Å². The van der Waals surface area contributed by atoms with E-state index in [-0.39, 0.29) is 29.9 Å². The van der Waals surface area contributed by atoms with Crippen LogP contribution in [0.5, 0.6) is 5.75 Å². The summed E-state index contributed by atoms with van der Waals surface area (Å²) in [6.45, 7) is 9.08. The van der Waals surface area contributed by atoms with Gasteiger partial charge in [-0.25, -0.2) is 8.42 Å². The minimum absolute atomic E-state index is 0.191. The number of carbonyl (C=O) groups is 1. The number of fused-ring (bicyclic) bond motifs is 1. The fourth-order valence-corrected chi connectivity index (χ4v) is 7.04. The number of amides is 1. The molecular weight excluding hydrogens is 504 g/mol. The van der Waals surface area contributed by atoms with Crippen LogP contribution in [0.2, 0.25) is 0 Å². The lowest BCUT2D eigenvalue weighted by atomic mass is 10.0. The van der Waals surface area contributed by atoms with Crippen LogP contribution in [-0.4, -0.2) is 49.8 Å². The molecule has 0 spiro atoms. The second-order valence-corrected chi connectivity index (χ2v) is 12.8. The van der Waals surface area contributed by atoms with Gasteiger partial charge in [0.05, 0.1) is 17.5 Å². The number of carbonyl (C=O) groups excluding carboxylic acids is 1. The first-order valence-electron chi connectivity index (χ1n) is 12.9. The van der Waals surface area contributed by atoms with Crippen LogP contribution >= 0.6 is 11.3 Å². The normalized spacial score (nSPS) is 15.7. The molecule has 0 aliphatic carbocycles. The highest BCUT2D eigenvalue weighted by atomic mass is 32.2. The van der Waals surface area contributed by atoms with Crippen molar-refractivity contribution in [2.45, 2.75) is 57.4 Å². The third-order valence-corrected chi connectivity index (χ3v) is 9.67. The molecule has 2 aromatic carbocycles. The SMILES string of the molecule is CCCN(CC(=O)N1CCc2sccc2[C@H]1COc1ccc(C(C)C)cc1)S(=O)(=O)c1ccc(C)cc1. The van der Waals surface area contributed by atoms with Crippen molar-refractivity contribution in [1.82, 2.24) is 9.21 Å². The quantitative estimate of drug-likeness (QED) is 0.327. The van der Waals surface area contributed by atoms with Crippen LogP contribution in [0, 0.1) is 6.92 Å². The molecule has 0 radical (unpaired) electrons. The largest absolute Gasteiger partial charge is 0.491 e. The van der Waals surface area contributed by atoms with Gasteiger partial charge in [0, 0.05) is 18.0 Å². The number of ether oxygens (including phenoxy) is 1. The average molecular weight is 541 g/mol. The number of rotatable bonds is 10. The second-order valence-electron chi connectivity index (χ2n) is 9.84. The highest BCUT2D eigenvalue weighted by Crippen LogP contribution is 2.34. The maximum Gasteiger partial charge on any atom is 0.243 e. The third-order valence-electron chi connectivity index (χ3n) is 6.81. The summed E-state index contributed by atoms with van der Waals surface area (Å²) < 4.78 is 34.3. The van der Waals surface area contributed by atoms with Crippen LogP contribution in [0.25, 0.3) is 0 Å². The van der Waals surface area contributed by atoms with Crippen LogP contribution in [-0.2, 0) is 21.2 Å². The van der Waals surface area contributed by atoms with Crippen molar-refractivity contribution in [3.63, 3.8) is 0 Å². The second kappa shape index (κ2) is 11.8. The number of benzene rings is 2. The lowest BCUT2D eigenvalue weighted by Crippen LogP contribution is -2.48. The Morgan fingerprint density at radius 2 is 1.81 bits per heavy atom. The molecule has 1 aliphatic rings. The highest BCUT2D eigenvalue weighted by Gasteiger charge is 2.35. The van der Waals surface area contributed by atoms with E-state index in [1.54, 1.807) is 40.5 Å². The van der Waals surface area contributed by atoms with E-state index in [0.29, 0.717) is 25.5 Å². The van der Waals surface area contributed by atoms with Gasteiger partial charge in [-0.2, -0.15) is 4.31 Å². The van der Waals surface area contributed by atoms with Crippen molar-refractivity contribution in [2.75, 3.05) is 26.2 Å². The molecule has 1 atom stereocenters. The maximum absolute atomic E-state index is 13.7. The molecule has 4 rings (SSSR count). The van der Waals surface area contributed by atoms with Crippen molar-refractivity contribution in [3.05, 3.63) is 81.5 Å². The first kappa shape index (κ1) is 27.4. The van der Waals surface area contributed by atoms with E-state index in [9.17, 15) is 13.2 Å². The predicted octanol–water partition coefficient (Wildman–Crippen LogP) is 5.79. The van der Waals surface area contributed by atoms with Crippen LogP contribution in [0.1, 0.15) is 60.7 Å². The predicted molar refractivity (Wildman–Crippen MR) is 149 cm³/mol. The number of sulfonamides is 1. The zero-order chi connectivity index (χ0) is 26.6. The van der Waals surface area contributed by atoms with E-state index < -0.39 is 10.0 Å². The van der Waals surface area contributed by atoms with Gasteiger partial charge in [0.25, 0.3) is 0 Å². The van der Waals surface area contributed by atoms with E-state index in [1.165, 1.54) is 14.7 Å². The van der Waals surface area contributed by atoms with E-state index in [1.807, 2.05) is 31.4 Å². The van der Waals surface area contributed by atoms with Gasteiger partial charge in [0.15, 0.2) is 0 Å². The van der Waals surface area contributed by atoms with Crippen molar-refractivity contribution in [2.24, 2.45) is 0 Å². The Hall–Kier alpha value is -2.68. The molecule has 2 heterocycles. The fraction of sp³-hybridized carbons (Fsp3) is 0.414. The third kappa shape index (κ3) is 6.25. The molecule has 1 aromatic heterocycles. The summed E-state index contributed by atoms with van der Waals surface area (Å²) in [6, 6.07) is 16.6. The van der Waals surface area contributed by atoms with Gasteiger partial charge in [-0.05, 0) is 72.5 Å². The van der Waals surface area contributed by atoms with E-state index in [4.69, 9.17) is 4.74 Å². The van der Waals surface area contributed by atoms with Gasteiger partial charge in [0.2, 0.25) is 15.9 Å². The Morgan fingerprint density at radius 3 is 2.46 bits per heavy atom. The first-order valence-corrected chi connectivity index (χ1v) is 15.2. The Labute approximate surface area is 224 Å². The zero-order valence-corrected chi connectivity index (χ0v) is 23.6. The van der Waals surface area contributed by atoms with Gasteiger partial charge in [-0.1, -0.05) is 50.6 Å². The Morgan fingerprint density at radius 1 is 1.11 bits per heavy atom. The van der Waals surface area contributed by atoms with Crippen molar-refractivity contribution < 1.29 is 17.9 Å². The van der Waals surface area contributed by atoms with E-state index >= 15 is 0 Å². The molecule has 198 valence electrons. The summed E-state index contributed by atoms with van der Waals surface area (Å²) in [4.78, 5) is 16.9. The highest BCUT2D eigenvalue weighted by molar-refractivity contribution is 7.89. The smallest absolute Gasteiger partial charge is 0.243 e. The maximum atomic E-state index is 13.7. The fourth-order valence-electron chi connectivity index (χ4n) is 4.63. The minimum atomic E-state index is -3.79. The number of thiophene rings is 1. The summed E-state index contributed by atoms with van der Waals surface area (Å²) in [5.74, 6) is 0.995. The molecule has 0 bridgehead atoms. The van der Waals surface area contributed by atoms with Crippen LogP contribution in [0.4, 0.5) is 0 Å². The molecule has 6 nitrogen and oxygen atoms in total. The Kier molecular flexibility index (Phi) is 8.72. The van der Waals surface area contributed by atoms with Crippen molar-refractivity contribution >= 4 is 27.3 Å². The van der Waals surface area contributed by atoms with Gasteiger partial charge >= 0.3 is 0 Å². The molecule has 3 aromatic rings. The monoisotopic (exact) mass is 540 g/mol. The topological polar surface area (TPSA) is 66.9 Å². The van der Waals surface area contributed by atoms with Crippen molar-refractivity contribution in [1.29, 1.82) is 0 Å². The lowest BCUT2D eigenvalue weighted by Gasteiger charge is -2.37. The molecule has 0 unspecified atom stereocenters. The summed E-state index contributed by atoms with van der Waals surface area (Å²) in [7, 11) is -3.79. The Balaban J connectivity index is 1.53. The minimum Gasteiger partial charge on any atom is -0.491 e. The summed E-state index contributed by atoms with van der Waals surface area (Å²) in [6.07, 6.45) is 1.38. The molecule has 0 saturated carbocycles. The van der Waals surface area contributed by atoms with Crippen LogP contribution < -0.4 is 4.74 Å². The van der Waals surface area contributed by atoms with Crippen LogP contribution in [0.15, 0.2) is 64.9 Å². The standard InChI is InChI=1S/C29H36N2O4S2/c1-5-16-30(37(33,34)25-12-6-22(4)7-13-25)19-29(32)31-17-14-28-26(15-18-36-28)27(31)20-35-24-10-8-23(9-11-24)21(2)3/h6-13,15,18,21,27H,5,14,16-17,19-20H2,1-4H3/t27-/m1/s1. The van der Waals surface area contributed by atoms with E-state index in [0.717, 1.165) is 23.3 Å². The first-order chi connectivity index (χ1) is 17.7. The van der Waals surface area contributed by atoms with Gasteiger partial charge in [0.1, 0.15) is 12.4 Å². The summed E-state index contributed by atoms with van der Waals surface area (Å²) in [5.41, 5.74) is 3.32. The molecule has 1 amide bonds. The molecule has 0 saturated heterocycles. The number of hydrogen-bond acceptors (Lipinski definition) is 5. The van der Waals surface area contributed by atoms with Gasteiger partial charge in [-0.15, -0.1) is 11.3 Å².